The molecule has 0 fully saturated rings. The lowest BCUT2D eigenvalue weighted by atomic mass is 10.1. The first-order chi connectivity index (χ1) is 8.81. The van der Waals surface area contributed by atoms with Crippen molar-refractivity contribution in [1.82, 2.24) is 10.3 Å². The van der Waals surface area contributed by atoms with Gasteiger partial charge in [-0.1, -0.05) is 18.2 Å². The van der Waals surface area contributed by atoms with Crippen LogP contribution in [-0.4, -0.2) is 4.98 Å². The van der Waals surface area contributed by atoms with Crippen molar-refractivity contribution in [3.63, 3.8) is 0 Å². The molecule has 1 heterocycles. The van der Waals surface area contributed by atoms with Crippen LogP contribution in [0.2, 0.25) is 0 Å². The Hall–Kier alpha value is -2.25. The van der Waals surface area contributed by atoms with Gasteiger partial charge in [0.1, 0.15) is 11.9 Å². The number of rotatable bonds is 4. The molecule has 0 aliphatic heterocycles. The third-order valence-corrected chi connectivity index (χ3v) is 2.62. The minimum absolute atomic E-state index is 0.267. The predicted molar refractivity (Wildman–Crippen MR) is 65.8 cm³/mol. The summed E-state index contributed by atoms with van der Waals surface area (Å²) in [5, 5.41) is 12.1. The van der Waals surface area contributed by atoms with Gasteiger partial charge < -0.3 is 0 Å². The van der Waals surface area contributed by atoms with Crippen molar-refractivity contribution >= 4 is 0 Å². The molecule has 0 aliphatic rings. The number of hydrogen-bond acceptors (Lipinski definition) is 3. The van der Waals surface area contributed by atoms with Crippen LogP contribution in [0.15, 0.2) is 48.8 Å². The first-order valence-corrected chi connectivity index (χ1v) is 5.57. The largest absolute Gasteiger partial charge is 0.294 e. The van der Waals surface area contributed by atoms with Gasteiger partial charge >= 0.3 is 0 Å². The number of nitrogens with one attached hydrogen (secondary N) is 1. The smallest absolute Gasteiger partial charge is 0.127 e. The molecule has 0 aliphatic carbocycles. The normalized spacial score (nSPS) is 11.8. The van der Waals surface area contributed by atoms with Gasteiger partial charge in [-0.25, -0.2) is 4.39 Å². The van der Waals surface area contributed by atoms with E-state index in [0.717, 1.165) is 5.56 Å². The predicted octanol–water partition coefficient (Wildman–Crippen LogP) is 2.58. The maximum atomic E-state index is 13.4. The molecular formula is C14H12FN3. The Morgan fingerprint density at radius 3 is 2.61 bits per heavy atom. The van der Waals surface area contributed by atoms with Crippen molar-refractivity contribution in [2.45, 2.75) is 12.6 Å². The standard InChI is InChI=1S/C14H12FN3/c15-13-4-2-1-3-12(13)10-18-14(9-16)11-5-7-17-8-6-11/h1-8,14,18H,10H2. The van der Waals surface area contributed by atoms with Gasteiger partial charge in [0.05, 0.1) is 6.07 Å². The third kappa shape index (κ3) is 2.90. The van der Waals surface area contributed by atoms with Crippen LogP contribution < -0.4 is 5.32 Å². The highest BCUT2D eigenvalue weighted by atomic mass is 19.1. The lowest BCUT2D eigenvalue weighted by Crippen LogP contribution is -2.20. The van der Waals surface area contributed by atoms with Gasteiger partial charge in [0.15, 0.2) is 0 Å². The average Bonchev–Trinajstić information content (AvgIpc) is 2.42. The number of nitriles is 1. The topological polar surface area (TPSA) is 48.7 Å². The van der Waals surface area contributed by atoms with Crippen LogP contribution in [0, 0.1) is 17.1 Å². The van der Waals surface area contributed by atoms with Crippen molar-refractivity contribution in [1.29, 1.82) is 5.26 Å². The Morgan fingerprint density at radius 2 is 1.94 bits per heavy atom. The number of aromatic nitrogens is 1. The van der Waals surface area contributed by atoms with Crippen molar-refractivity contribution in [2.24, 2.45) is 0 Å². The second kappa shape index (κ2) is 5.89. The molecule has 90 valence electrons. The average molecular weight is 241 g/mol. The van der Waals surface area contributed by atoms with Crippen LogP contribution >= 0.6 is 0 Å². The van der Waals surface area contributed by atoms with Crippen LogP contribution in [0.4, 0.5) is 4.39 Å². The van der Waals surface area contributed by atoms with E-state index in [9.17, 15) is 4.39 Å². The van der Waals surface area contributed by atoms with E-state index >= 15 is 0 Å². The second-order valence-electron chi connectivity index (χ2n) is 3.81. The first kappa shape index (κ1) is 12.2. The number of nitrogens with zero attached hydrogens (tertiary/aromatic N) is 2. The van der Waals surface area contributed by atoms with E-state index in [-0.39, 0.29) is 5.82 Å². The second-order valence-corrected chi connectivity index (χ2v) is 3.81. The molecule has 0 amide bonds. The third-order valence-electron chi connectivity index (χ3n) is 2.62. The number of benzene rings is 1. The van der Waals surface area contributed by atoms with Crippen molar-refractivity contribution in [3.8, 4) is 6.07 Å². The summed E-state index contributed by atoms with van der Waals surface area (Å²) in [6, 6.07) is 11.7. The molecule has 1 aromatic heterocycles. The van der Waals surface area contributed by atoms with Crippen LogP contribution in [0.5, 0.6) is 0 Å². The molecule has 3 nitrogen and oxygen atoms in total. The maximum absolute atomic E-state index is 13.4. The van der Waals surface area contributed by atoms with Crippen LogP contribution in [0.3, 0.4) is 0 Å². The lowest BCUT2D eigenvalue weighted by Gasteiger charge is -2.11. The summed E-state index contributed by atoms with van der Waals surface area (Å²) in [5.41, 5.74) is 1.37. The Kier molecular flexibility index (Phi) is 4.00. The summed E-state index contributed by atoms with van der Waals surface area (Å²) >= 11 is 0. The highest BCUT2D eigenvalue weighted by Gasteiger charge is 2.10. The molecule has 0 spiro atoms. The first-order valence-electron chi connectivity index (χ1n) is 5.57. The number of pyridine rings is 1. The lowest BCUT2D eigenvalue weighted by molar-refractivity contribution is 0.571. The summed E-state index contributed by atoms with van der Waals surface area (Å²) in [7, 11) is 0. The Morgan fingerprint density at radius 1 is 1.22 bits per heavy atom. The van der Waals surface area contributed by atoms with Crippen molar-refractivity contribution < 1.29 is 4.39 Å². The summed E-state index contributed by atoms with van der Waals surface area (Å²) < 4.78 is 13.4. The van der Waals surface area contributed by atoms with Crippen molar-refractivity contribution in [3.05, 3.63) is 65.7 Å². The van der Waals surface area contributed by atoms with Crippen molar-refractivity contribution in [2.75, 3.05) is 0 Å². The van der Waals surface area contributed by atoms with E-state index in [2.05, 4.69) is 16.4 Å². The van der Waals surface area contributed by atoms with Gasteiger partial charge in [0, 0.05) is 24.5 Å². The van der Waals surface area contributed by atoms with Gasteiger partial charge in [-0.05, 0) is 23.8 Å². The maximum Gasteiger partial charge on any atom is 0.127 e. The fourth-order valence-corrected chi connectivity index (χ4v) is 1.65. The molecule has 0 bridgehead atoms. The fourth-order valence-electron chi connectivity index (χ4n) is 1.65. The summed E-state index contributed by atoms with van der Waals surface area (Å²) in [6.45, 7) is 0.313. The van der Waals surface area contributed by atoms with E-state index in [4.69, 9.17) is 5.26 Å². The molecule has 4 heteroatoms. The number of hydrogen-bond donors (Lipinski definition) is 1. The minimum Gasteiger partial charge on any atom is -0.294 e. The molecule has 18 heavy (non-hydrogen) atoms. The molecule has 0 radical (unpaired) electrons. The molecule has 1 unspecified atom stereocenters. The number of halogens is 1. The van der Waals surface area contributed by atoms with E-state index < -0.39 is 6.04 Å². The molecular weight excluding hydrogens is 229 g/mol. The molecule has 1 aromatic carbocycles. The summed E-state index contributed by atoms with van der Waals surface area (Å²) in [4.78, 5) is 3.90. The van der Waals surface area contributed by atoms with Crippen LogP contribution in [0.1, 0.15) is 17.2 Å². The summed E-state index contributed by atoms with van der Waals surface area (Å²) in [6.07, 6.45) is 3.26. The van der Waals surface area contributed by atoms with Gasteiger partial charge in [-0.3, -0.25) is 10.3 Å². The molecule has 2 aromatic rings. The highest BCUT2D eigenvalue weighted by Crippen LogP contribution is 2.12. The SMILES string of the molecule is N#CC(NCc1ccccc1F)c1ccncc1. The van der Waals surface area contributed by atoms with E-state index in [1.165, 1.54) is 6.07 Å². The highest BCUT2D eigenvalue weighted by molar-refractivity contribution is 5.22. The van der Waals surface area contributed by atoms with Crippen LogP contribution in [-0.2, 0) is 6.54 Å². The quantitative estimate of drug-likeness (QED) is 0.895. The zero-order valence-electron chi connectivity index (χ0n) is 9.68. The van der Waals surface area contributed by atoms with E-state index in [0.29, 0.717) is 12.1 Å². The zero-order valence-corrected chi connectivity index (χ0v) is 9.68. The van der Waals surface area contributed by atoms with Gasteiger partial charge in [-0.15, -0.1) is 0 Å². The van der Waals surface area contributed by atoms with Gasteiger partial charge in [-0.2, -0.15) is 5.26 Å². The zero-order chi connectivity index (χ0) is 12.8. The summed E-state index contributed by atoms with van der Waals surface area (Å²) in [5.74, 6) is -0.267. The molecule has 1 N–H and O–H groups in total. The van der Waals surface area contributed by atoms with Gasteiger partial charge in [0.2, 0.25) is 0 Å². The van der Waals surface area contributed by atoms with Gasteiger partial charge in [0.25, 0.3) is 0 Å². The Bertz CT molecular complexity index is 548. The monoisotopic (exact) mass is 241 g/mol. The van der Waals surface area contributed by atoms with E-state index in [1.54, 1.807) is 42.7 Å². The molecule has 1 atom stereocenters. The molecule has 2 rings (SSSR count). The molecule has 0 saturated carbocycles. The Labute approximate surface area is 105 Å². The molecule has 0 saturated heterocycles. The van der Waals surface area contributed by atoms with Crippen LogP contribution in [0.25, 0.3) is 0 Å². The minimum atomic E-state index is -0.465. The fraction of sp³-hybridized carbons (Fsp3) is 0.143. The Balaban J connectivity index is 2.05. The van der Waals surface area contributed by atoms with E-state index in [1.807, 2.05) is 0 Å².